The van der Waals surface area contributed by atoms with Gasteiger partial charge in [0.05, 0.1) is 22.8 Å². The van der Waals surface area contributed by atoms with Crippen molar-refractivity contribution in [1.82, 2.24) is 9.38 Å². The van der Waals surface area contributed by atoms with E-state index in [0.29, 0.717) is 0 Å². The van der Waals surface area contributed by atoms with Crippen LogP contribution in [0.4, 0.5) is 0 Å². The van der Waals surface area contributed by atoms with Gasteiger partial charge in [0.25, 0.3) is 0 Å². The highest BCUT2D eigenvalue weighted by Gasteiger charge is 2.14. The third-order valence-corrected chi connectivity index (χ3v) is 4.23. The molecule has 3 rings (SSSR count). The van der Waals surface area contributed by atoms with Gasteiger partial charge in [0.2, 0.25) is 0 Å². The first-order chi connectivity index (χ1) is 7.77. The van der Waals surface area contributed by atoms with Crippen LogP contribution in [0.3, 0.4) is 0 Å². The zero-order valence-corrected chi connectivity index (χ0v) is 10.4. The number of hydrogen-bond donors (Lipinski definition) is 1. The molecule has 0 saturated heterocycles. The van der Waals surface area contributed by atoms with Gasteiger partial charge in [0.15, 0.2) is 0 Å². The van der Waals surface area contributed by atoms with E-state index in [1.54, 1.807) is 22.7 Å². The van der Waals surface area contributed by atoms with Gasteiger partial charge >= 0.3 is 0 Å². The Balaban J connectivity index is 2.29. The largest absolute Gasteiger partial charge is 0.322 e. The van der Waals surface area contributed by atoms with Gasteiger partial charge in [0, 0.05) is 5.38 Å². The summed E-state index contributed by atoms with van der Waals surface area (Å²) in [4.78, 5) is 6.78. The Morgan fingerprint density at radius 3 is 3.00 bits per heavy atom. The van der Waals surface area contributed by atoms with Crippen LogP contribution in [0.5, 0.6) is 0 Å². The van der Waals surface area contributed by atoms with Crippen LogP contribution in [0.25, 0.3) is 15.4 Å². The summed E-state index contributed by atoms with van der Waals surface area (Å²) in [5, 5.41) is 4.25. The van der Waals surface area contributed by atoms with Crippen molar-refractivity contribution in [1.29, 1.82) is 0 Å². The second-order valence-corrected chi connectivity index (χ2v) is 5.51. The topological polar surface area (TPSA) is 43.3 Å². The van der Waals surface area contributed by atoms with E-state index in [0.717, 1.165) is 10.7 Å². The van der Waals surface area contributed by atoms with Crippen LogP contribution in [-0.4, -0.2) is 9.38 Å². The Morgan fingerprint density at radius 1 is 1.44 bits per heavy atom. The van der Waals surface area contributed by atoms with Crippen molar-refractivity contribution in [2.45, 2.75) is 13.0 Å². The highest BCUT2D eigenvalue weighted by molar-refractivity contribution is 7.17. The fourth-order valence-corrected chi connectivity index (χ4v) is 3.44. The smallest absolute Gasteiger partial charge is 0.131 e. The quantitative estimate of drug-likeness (QED) is 0.758. The molecule has 3 nitrogen and oxygen atoms in total. The van der Waals surface area contributed by atoms with Crippen molar-refractivity contribution in [3.05, 3.63) is 34.9 Å². The maximum absolute atomic E-state index is 5.93. The van der Waals surface area contributed by atoms with Gasteiger partial charge in [-0.2, -0.15) is 0 Å². The summed E-state index contributed by atoms with van der Waals surface area (Å²) in [5.74, 6) is 0.930. The highest BCUT2D eigenvalue weighted by Crippen LogP contribution is 2.31. The summed E-state index contributed by atoms with van der Waals surface area (Å²) in [6, 6.07) is 4.14. The van der Waals surface area contributed by atoms with Crippen molar-refractivity contribution >= 4 is 27.5 Å². The number of nitrogens with two attached hydrogens (primary N) is 1. The van der Waals surface area contributed by atoms with Crippen LogP contribution >= 0.6 is 22.7 Å². The first-order valence-corrected chi connectivity index (χ1v) is 6.77. The molecule has 0 fully saturated rings. The highest BCUT2D eigenvalue weighted by atomic mass is 32.1. The molecule has 0 bridgehead atoms. The first kappa shape index (κ1) is 10.0. The van der Waals surface area contributed by atoms with Crippen molar-refractivity contribution in [3.8, 4) is 10.6 Å². The maximum atomic E-state index is 5.93. The Morgan fingerprint density at radius 2 is 2.31 bits per heavy atom. The molecule has 5 heteroatoms. The third-order valence-electron chi connectivity index (χ3n) is 2.47. The lowest BCUT2D eigenvalue weighted by atomic mass is 10.3. The van der Waals surface area contributed by atoms with Gasteiger partial charge in [-0.1, -0.05) is 6.07 Å². The van der Waals surface area contributed by atoms with Gasteiger partial charge in [-0.15, -0.1) is 22.7 Å². The van der Waals surface area contributed by atoms with Crippen molar-refractivity contribution in [2.75, 3.05) is 0 Å². The van der Waals surface area contributed by atoms with Crippen LogP contribution in [0.15, 0.2) is 29.1 Å². The summed E-state index contributed by atoms with van der Waals surface area (Å²) in [7, 11) is 0. The molecule has 3 aromatic rings. The summed E-state index contributed by atoms with van der Waals surface area (Å²) in [6.07, 6.45) is 1.89. The standard InChI is InChI=1S/C11H11N3S2/c1-7(12)11-13-5-10-14(11)8(6-16-10)9-3-2-4-15-9/h2-7H,12H2,1H3. The van der Waals surface area contributed by atoms with E-state index in [1.807, 2.05) is 13.1 Å². The molecule has 2 N–H and O–H groups in total. The molecule has 3 heterocycles. The lowest BCUT2D eigenvalue weighted by Crippen LogP contribution is -2.09. The first-order valence-electron chi connectivity index (χ1n) is 5.01. The predicted octanol–water partition coefficient (Wildman–Crippen LogP) is 3.14. The second kappa shape index (κ2) is 3.69. The van der Waals surface area contributed by atoms with E-state index in [-0.39, 0.29) is 6.04 Å². The Bertz CT molecular complexity index is 604. The van der Waals surface area contributed by atoms with Crippen LogP contribution in [0.1, 0.15) is 18.8 Å². The lowest BCUT2D eigenvalue weighted by molar-refractivity contribution is 0.739. The Hall–Kier alpha value is -1.17. The number of thiophene rings is 1. The Labute approximate surface area is 101 Å². The van der Waals surface area contributed by atoms with Crippen LogP contribution in [0, 0.1) is 0 Å². The van der Waals surface area contributed by atoms with Crippen molar-refractivity contribution < 1.29 is 0 Å². The van der Waals surface area contributed by atoms with Crippen LogP contribution in [0.2, 0.25) is 0 Å². The fourth-order valence-electron chi connectivity index (χ4n) is 1.76. The molecule has 1 unspecified atom stereocenters. The molecule has 16 heavy (non-hydrogen) atoms. The van der Waals surface area contributed by atoms with Crippen LogP contribution < -0.4 is 5.73 Å². The summed E-state index contributed by atoms with van der Waals surface area (Å²) < 4.78 is 2.15. The molecule has 0 aromatic carbocycles. The van der Waals surface area contributed by atoms with E-state index < -0.39 is 0 Å². The molecule has 82 valence electrons. The second-order valence-electron chi connectivity index (χ2n) is 3.68. The molecule has 0 aliphatic heterocycles. The molecule has 0 saturated carbocycles. The zero-order valence-electron chi connectivity index (χ0n) is 8.75. The number of aromatic nitrogens is 2. The molecule has 0 aliphatic carbocycles. The zero-order chi connectivity index (χ0) is 11.1. The van der Waals surface area contributed by atoms with E-state index in [1.165, 1.54) is 10.6 Å². The van der Waals surface area contributed by atoms with Gasteiger partial charge in [-0.3, -0.25) is 4.40 Å². The average Bonchev–Trinajstić information content (AvgIpc) is 2.93. The van der Waals surface area contributed by atoms with Crippen molar-refractivity contribution in [3.63, 3.8) is 0 Å². The number of rotatable bonds is 2. The summed E-state index contributed by atoms with van der Waals surface area (Å²) in [6.45, 7) is 1.96. The number of hydrogen-bond acceptors (Lipinski definition) is 4. The molecule has 3 aromatic heterocycles. The fraction of sp³-hybridized carbons (Fsp3) is 0.182. The summed E-state index contributed by atoms with van der Waals surface area (Å²) in [5.41, 5.74) is 7.12. The van der Waals surface area contributed by atoms with Gasteiger partial charge in [-0.05, 0) is 18.4 Å². The van der Waals surface area contributed by atoms with E-state index in [9.17, 15) is 0 Å². The lowest BCUT2D eigenvalue weighted by Gasteiger charge is -2.04. The minimum Gasteiger partial charge on any atom is -0.322 e. The van der Waals surface area contributed by atoms with E-state index in [4.69, 9.17) is 5.73 Å². The third kappa shape index (κ3) is 1.40. The number of thiazole rings is 1. The number of fused-ring (bicyclic) bond motifs is 1. The normalized spacial score (nSPS) is 13.4. The maximum Gasteiger partial charge on any atom is 0.131 e. The number of imidazole rings is 1. The molecule has 0 radical (unpaired) electrons. The molecule has 1 atom stereocenters. The van der Waals surface area contributed by atoms with Gasteiger partial charge in [0.1, 0.15) is 10.7 Å². The van der Waals surface area contributed by atoms with Crippen molar-refractivity contribution in [2.24, 2.45) is 5.73 Å². The Kier molecular flexibility index (Phi) is 2.31. The SMILES string of the molecule is CC(N)c1ncc2scc(-c3cccs3)n12. The molecular formula is C11H11N3S2. The minimum absolute atomic E-state index is 0.0455. The molecule has 0 aliphatic rings. The summed E-state index contributed by atoms with van der Waals surface area (Å²) >= 11 is 3.44. The molecule has 0 spiro atoms. The predicted molar refractivity (Wildman–Crippen MR) is 69.0 cm³/mol. The van der Waals surface area contributed by atoms with Gasteiger partial charge < -0.3 is 5.73 Å². The van der Waals surface area contributed by atoms with E-state index >= 15 is 0 Å². The van der Waals surface area contributed by atoms with E-state index in [2.05, 4.69) is 32.3 Å². The monoisotopic (exact) mass is 249 g/mol. The van der Waals surface area contributed by atoms with Crippen LogP contribution in [-0.2, 0) is 0 Å². The number of nitrogens with zero attached hydrogens (tertiary/aromatic N) is 2. The molecule has 0 amide bonds. The van der Waals surface area contributed by atoms with Gasteiger partial charge in [-0.25, -0.2) is 4.98 Å². The molecular weight excluding hydrogens is 238 g/mol. The minimum atomic E-state index is -0.0455. The average molecular weight is 249 g/mol.